The van der Waals surface area contributed by atoms with Crippen molar-refractivity contribution in [2.75, 3.05) is 0 Å². The van der Waals surface area contributed by atoms with E-state index in [1.165, 1.54) is 6.07 Å². The van der Waals surface area contributed by atoms with E-state index in [-0.39, 0.29) is 12.5 Å². The van der Waals surface area contributed by atoms with E-state index in [1.807, 2.05) is 0 Å². The van der Waals surface area contributed by atoms with Crippen molar-refractivity contribution in [1.82, 2.24) is 4.98 Å². The van der Waals surface area contributed by atoms with E-state index in [1.54, 1.807) is 0 Å². The van der Waals surface area contributed by atoms with Crippen LogP contribution in [0.5, 0.6) is 0 Å². The molecule has 1 heterocycles. The van der Waals surface area contributed by atoms with Crippen LogP contribution < -0.4 is 0 Å². The number of aromatic nitrogens is 1. The molecule has 1 aromatic rings. The van der Waals surface area contributed by atoms with Gasteiger partial charge in [-0.05, 0) is 43.2 Å². The van der Waals surface area contributed by atoms with Crippen molar-refractivity contribution in [3.63, 3.8) is 0 Å². The molecular weight excluding hydrogens is 323 g/mol. The Labute approximate surface area is 139 Å². The van der Waals surface area contributed by atoms with Crippen molar-refractivity contribution in [2.45, 2.75) is 63.8 Å². The number of pyridine rings is 1. The van der Waals surface area contributed by atoms with Gasteiger partial charge in [0.15, 0.2) is 6.10 Å². The molecule has 1 saturated carbocycles. The largest absolute Gasteiger partial charge is 0.479 e. The molecule has 0 saturated heterocycles. The average Bonchev–Trinajstić information content (AvgIpc) is 2.54. The lowest BCUT2D eigenvalue weighted by Crippen LogP contribution is -2.33. The SMILES string of the molecule is CCC1CCC(OC(Cc2ccc(C(F)(F)F)nc2)C(=O)O)CC1. The first kappa shape index (κ1) is 18.7. The number of hydrogen-bond acceptors (Lipinski definition) is 3. The molecule has 7 heteroatoms. The third-order valence-corrected chi connectivity index (χ3v) is 4.54. The van der Waals surface area contributed by atoms with Crippen LogP contribution in [0.3, 0.4) is 0 Å². The van der Waals surface area contributed by atoms with Gasteiger partial charge in [-0.25, -0.2) is 4.79 Å². The summed E-state index contributed by atoms with van der Waals surface area (Å²) < 4.78 is 43.2. The van der Waals surface area contributed by atoms with Crippen LogP contribution in [-0.4, -0.2) is 28.3 Å². The molecular formula is C17H22F3NO3. The summed E-state index contributed by atoms with van der Waals surface area (Å²) in [5.74, 6) is -0.431. The fourth-order valence-corrected chi connectivity index (χ4v) is 3.03. The number of carboxylic acid groups (broad SMARTS) is 1. The molecule has 4 nitrogen and oxygen atoms in total. The van der Waals surface area contributed by atoms with Crippen LogP contribution in [0.4, 0.5) is 13.2 Å². The van der Waals surface area contributed by atoms with Crippen LogP contribution in [0.15, 0.2) is 18.3 Å². The second-order valence-electron chi connectivity index (χ2n) is 6.27. The Morgan fingerprint density at radius 1 is 1.33 bits per heavy atom. The molecule has 1 aliphatic carbocycles. The van der Waals surface area contributed by atoms with E-state index in [0.717, 1.165) is 44.4 Å². The molecule has 134 valence electrons. The van der Waals surface area contributed by atoms with E-state index < -0.39 is 23.9 Å². The highest BCUT2D eigenvalue weighted by Crippen LogP contribution is 2.30. The number of rotatable bonds is 6. The molecule has 0 aromatic carbocycles. The Morgan fingerprint density at radius 3 is 2.46 bits per heavy atom. The van der Waals surface area contributed by atoms with Gasteiger partial charge in [-0.1, -0.05) is 19.4 Å². The molecule has 0 radical (unpaired) electrons. The average molecular weight is 345 g/mol. The molecule has 1 aliphatic rings. The summed E-state index contributed by atoms with van der Waals surface area (Å²) in [6.07, 6.45) is 0.227. The Balaban J connectivity index is 1.95. The topological polar surface area (TPSA) is 59.4 Å². The zero-order chi connectivity index (χ0) is 17.7. The molecule has 1 aromatic heterocycles. The van der Waals surface area contributed by atoms with Crippen LogP contribution in [0.1, 0.15) is 50.3 Å². The fraction of sp³-hybridized carbons (Fsp3) is 0.647. The minimum absolute atomic E-state index is 0.00811. The molecule has 0 amide bonds. The number of halogens is 3. The fourth-order valence-electron chi connectivity index (χ4n) is 3.03. The van der Waals surface area contributed by atoms with Crippen LogP contribution in [0, 0.1) is 5.92 Å². The lowest BCUT2D eigenvalue weighted by Gasteiger charge is -2.29. The molecule has 1 unspecified atom stereocenters. The van der Waals surface area contributed by atoms with Crippen LogP contribution >= 0.6 is 0 Å². The van der Waals surface area contributed by atoms with E-state index in [0.29, 0.717) is 11.5 Å². The third kappa shape index (κ3) is 5.19. The summed E-state index contributed by atoms with van der Waals surface area (Å²) in [6.45, 7) is 2.14. The highest BCUT2D eigenvalue weighted by atomic mass is 19.4. The first-order valence-corrected chi connectivity index (χ1v) is 8.20. The quantitative estimate of drug-likeness (QED) is 0.844. The molecule has 2 rings (SSSR count). The summed E-state index contributed by atoms with van der Waals surface area (Å²) in [5.41, 5.74) is -0.574. The van der Waals surface area contributed by atoms with E-state index in [9.17, 15) is 23.1 Å². The van der Waals surface area contributed by atoms with Crippen molar-refractivity contribution >= 4 is 5.97 Å². The number of nitrogens with zero attached hydrogens (tertiary/aromatic N) is 1. The van der Waals surface area contributed by atoms with Crippen LogP contribution in [0.2, 0.25) is 0 Å². The Morgan fingerprint density at radius 2 is 2.00 bits per heavy atom. The maximum absolute atomic E-state index is 12.5. The minimum atomic E-state index is -4.50. The van der Waals surface area contributed by atoms with Gasteiger partial charge in [0.25, 0.3) is 0 Å². The van der Waals surface area contributed by atoms with Gasteiger partial charge in [0.2, 0.25) is 0 Å². The van der Waals surface area contributed by atoms with Gasteiger partial charge < -0.3 is 9.84 Å². The zero-order valence-corrected chi connectivity index (χ0v) is 13.6. The first-order valence-electron chi connectivity index (χ1n) is 8.20. The number of hydrogen-bond donors (Lipinski definition) is 1. The number of carbonyl (C=O) groups is 1. The second kappa shape index (κ2) is 7.96. The summed E-state index contributed by atoms with van der Waals surface area (Å²) in [7, 11) is 0. The van der Waals surface area contributed by atoms with E-state index in [4.69, 9.17) is 4.74 Å². The maximum Gasteiger partial charge on any atom is 0.433 e. The highest BCUT2D eigenvalue weighted by molar-refractivity contribution is 5.72. The number of alkyl halides is 3. The van der Waals surface area contributed by atoms with Crippen molar-refractivity contribution in [3.05, 3.63) is 29.6 Å². The molecule has 1 atom stereocenters. The Kier molecular flexibility index (Phi) is 6.21. The smallest absolute Gasteiger partial charge is 0.433 e. The molecule has 1 fully saturated rings. The summed E-state index contributed by atoms with van der Waals surface area (Å²) >= 11 is 0. The number of ether oxygens (including phenoxy) is 1. The van der Waals surface area contributed by atoms with Gasteiger partial charge in [-0.2, -0.15) is 13.2 Å². The van der Waals surface area contributed by atoms with Gasteiger partial charge >= 0.3 is 12.1 Å². The monoisotopic (exact) mass is 345 g/mol. The lowest BCUT2D eigenvalue weighted by atomic mass is 9.86. The van der Waals surface area contributed by atoms with Crippen molar-refractivity contribution < 1.29 is 27.8 Å². The Hall–Kier alpha value is -1.63. The van der Waals surface area contributed by atoms with Crippen molar-refractivity contribution in [3.8, 4) is 0 Å². The minimum Gasteiger partial charge on any atom is -0.479 e. The zero-order valence-electron chi connectivity index (χ0n) is 13.6. The van der Waals surface area contributed by atoms with Gasteiger partial charge in [-0.15, -0.1) is 0 Å². The van der Waals surface area contributed by atoms with Gasteiger partial charge in [0, 0.05) is 12.6 Å². The predicted molar refractivity (Wildman–Crippen MR) is 81.5 cm³/mol. The molecule has 0 aliphatic heterocycles. The molecule has 1 N–H and O–H groups in total. The second-order valence-corrected chi connectivity index (χ2v) is 6.27. The Bertz CT molecular complexity index is 537. The standard InChI is InChI=1S/C17H22F3NO3/c1-2-11-3-6-13(7-4-11)24-14(16(22)23)9-12-5-8-15(21-10-12)17(18,19)20/h5,8,10-11,13-14H,2-4,6-7,9H2,1H3,(H,22,23). The lowest BCUT2D eigenvalue weighted by molar-refractivity contribution is -0.155. The predicted octanol–water partition coefficient (Wildman–Crippen LogP) is 4.08. The summed E-state index contributed by atoms with van der Waals surface area (Å²) in [6, 6.07) is 2.11. The van der Waals surface area contributed by atoms with Gasteiger partial charge in [-0.3, -0.25) is 4.98 Å². The normalized spacial score (nSPS) is 23.0. The summed E-state index contributed by atoms with van der Waals surface area (Å²) in [5, 5.41) is 9.32. The van der Waals surface area contributed by atoms with Gasteiger partial charge in [0.05, 0.1) is 6.10 Å². The summed E-state index contributed by atoms with van der Waals surface area (Å²) in [4.78, 5) is 14.8. The van der Waals surface area contributed by atoms with E-state index >= 15 is 0 Å². The van der Waals surface area contributed by atoms with Gasteiger partial charge in [0.1, 0.15) is 5.69 Å². The molecule has 0 spiro atoms. The molecule has 24 heavy (non-hydrogen) atoms. The number of carboxylic acids is 1. The number of aliphatic carboxylic acids is 1. The van der Waals surface area contributed by atoms with Crippen molar-refractivity contribution in [1.29, 1.82) is 0 Å². The third-order valence-electron chi connectivity index (χ3n) is 4.54. The van der Waals surface area contributed by atoms with Crippen LogP contribution in [0.25, 0.3) is 0 Å². The van der Waals surface area contributed by atoms with E-state index in [2.05, 4.69) is 11.9 Å². The maximum atomic E-state index is 12.5. The van der Waals surface area contributed by atoms with Crippen molar-refractivity contribution in [2.24, 2.45) is 5.92 Å². The highest BCUT2D eigenvalue weighted by Gasteiger charge is 2.32. The first-order chi connectivity index (χ1) is 11.3. The van der Waals surface area contributed by atoms with Crippen LogP contribution in [-0.2, 0) is 22.1 Å². The molecule has 0 bridgehead atoms.